The van der Waals surface area contributed by atoms with Crippen LogP contribution in [-0.2, 0) is 9.59 Å². The standard InChI is InChI=1S/C52H88N2O2/c1-3-5-7-9-11-13-15-17-23-35-45-53-51(55)43-33-21-19-31-41-49(47-37-27-25-28-38-47)50(48-39-29-26-30-40-48)42-32-20-22-34-44-52(56)54-46-36-24-18-16-14-12-10-8-6-4-2/h25-30,37-40,49-50H,3-24,31-36,41-46H2,1-2H3,(H,53,55)(H,54,56). The summed E-state index contributed by atoms with van der Waals surface area (Å²) in [5, 5.41) is 6.35. The Hall–Kier alpha value is -2.62. The van der Waals surface area contributed by atoms with E-state index >= 15 is 0 Å². The molecular formula is C52H88N2O2. The normalized spacial score (nSPS) is 12.4. The number of carbonyl (C=O) groups is 2. The summed E-state index contributed by atoms with van der Waals surface area (Å²) in [5.41, 5.74) is 2.90. The number of hydrogen-bond donors (Lipinski definition) is 2. The molecule has 0 saturated carbocycles. The van der Waals surface area contributed by atoms with Gasteiger partial charge in [-0.2, -0.15) is 0 Å². The van der Waals surface area contributed by atoms with Crippen LogP contribution in [0.15, 0.2) is 60.7 Å². The van der Waals surface area contributed by atoms with Crippen LogP contribution in [0, 0.1) is 0 Å². The van der Waals surface area contributed by atoms with E-state index in [1.807, 2.05) is 0 Å². The SMILES string of the molecule is CCCCCCCCCCCCNC(=O)CCCCCCC(c1ccccc1)C(CCCCCCC(=O)NCCCCCCCCCCCC)c1ccccc1. The molecule has 2 amide bonds. The van der Waals surface area contributed by atoms with Gasteiger partial charge in [-0.05, 0) is 61.5 Å². The lowest BCUT2D eigenvalue weighted by Gasteiger charge is -2.29. The lowest BCUT2D eigenvalue weighted by molar-refractivity contribution is -0.122. The van der Waals surface area contributed by atoms with Gasteiger partial charge in [-0.25, -0.2) is 0 Å². The van der Waals surface area contributed by atoms with E-state index in [1.165, 1.54) is 165 Å². The molecule has 0 aliphatic carbocycles. The van der Waals surface area contributed by atoms with Crippen molar-refractivity contribution in [2.75, 3.05) is 13.1 Å². The first-order valence-corrected chi connectivity index (χ1v) is 24.3. The maximum atomic E-state index is 12.5. The van der Waals surface area contributed by atoms with Gasteiger partial charge in [0.05, 0.1) is 0 Å². The first-order chi connectivity index (χ1) is 27.7. The quantitative estimate of drug-likeness (QED) is 0.0665. The Labute approximate surface area is 347 Å². The maximum Gasteiger partial charge on any atom is 0.219 e. The molecule has 2 aromatic carbocycles. The molecule has 2 N–H and O–H groups in total. The zero-order valence-electron chi connectivity index (χ0n) is 36.8. The molecule has 2 unspecified atom stereocenters. The second-order valence-electron chi connectivity index (χ2n) is 17.0. The van der Waals surface area contributed by atoms with Crippen molar-refractivity contribution in [2.24, 2.45) is 0 Å². The molecule has 0 aromatic heterocycles. The average Bonchev–Trinajstić information content (AvgIpc) is 3.22. The molecule has 0 aliphatic rings. The zero-order valence-corrected chi connectivity index (χ0v) is 36.8. The van der Waals surface area contributed by atoms with E-state index in [1.54, 1.807) is 0 Å². The predicted octanol–water partition coefficient (Wildman–Crippen LogP) is 15.3. The van der Waals surface area contributed by atoms with Gasteiger partial charge in [0.1, 0.15) is 0 Å². The van der Waals surface area contributed by atoms with Crippen LogP contribution in [0.25, 0.3) is 0 Å². The summed E-state index contributed by atoms with van der Waals surface area (Å²) in [6.07, 6.45) is 39.1. The van der Waals surface area contributed by atoms with Crippen LogP contribution in [0.4, 0.5) is 0 Å². The first kappa shape index (κ1) is 49.5. The summed E-state index contributed by atoms with van der Waals surface area (Å²) in [6, 6.07) is 22.4. The van der Waals surface area contributed by atoms with Crippen LogP contribution in [0.5, 0.6) is 0 Å². The number of unbranched alkanes of at least 4 members (excludes halogenated alkanes) is 24. The van der Waals surface area contributed by atoms with Crippen molar-refractivity contribution in [3.63, 3.8) is 0 Å². The minimum Gasteiger partial charge on any atom is -0.356 e. The van der Waals surface area contributed by atoms with Crippen molar-refractivity contribution in [1.29, 1.82) is 0 Å². The largest absolute Gasteiger partial charge is 0.356 e. The Kier molecular flexibility index (Phi) is 32.5. The van der Waals surface area contributed by atoms with E-state index in [-0.39, 0.29) is 11.8 Å². The van der Waals surface area contributed by atoms with Crippen molar-refractivity contribution in [3.8, 4) is 0 Å². The van der Waals surface area contributed by atoms with Gasteiger partial charge in [0.15, 0.2) is 0 Å². The number of benzene rings is 2. The van der Waals surface area contributed by atoms with Gasteiger partial charge in [-0.1, -0.05) is 229 Å². The molecule has 56 heavy (non-hydrogen) atoms. The first-order valence-electron chi connectivity index (χ1n) is 24.3. The summed E-state index contributed by atoms with van der Waals surface area (Å²) < 4.78 is 0. The molecule has 2 aromatic rings. The highest BCUT2D eigenvalue weighted by molar-refractivity contribution is 5.76. The molecule has 318 valence electrons. The zero-order chi connectivity index (χ0) is 40.0. The highest BCUT2D eigenvalue weighted by atomic mass is 16.2. The Balaban J connectivity index is 1.64. The second kappa shape index (κ2) is 36.7. The molecule has 0 saturated heterocycles. The van der Waals surface area contributed by atoms with Crippen molar-refractivity contribution in [3.05, 3.63) is 71.8 Å². The van der Waals surface area contributed by atoms with Gasteiger partial charge in [0.25, 0.3) is 0 Å². The average molecular weight is 773 g/mol. The molecule has 4 nitrogen and oxygen atoms in total. The number of hydrogen-bond acceptors (Lipinski definition) is 2. The van der Waals surface area contributed by atoms with Crippen molar-refractivity contribution < 1.29 is 9.59 Å². The topological polar surface area (TPSA) is 58.2 Å². The smallest absolute Gasteiger partial charge is 0.219 e. The van der Waals surface area contributed by atoms with Gasteiger partial charge < -0.3 is 10.6 Å². The van der Waals surface area contributed by atoms with E-state index in [9.17, 15) is 9.59 Å². The maximum absolute atomic E-state index is 12.5. The van der Waals surface area contributed by atoms with Gasteiger partial charge in [-0.15, -0.1) is 0 Å². The molecule has 0 spiro atoms. The Morgan fingerprint density at radius 2 is 0.661 bits per heavy atom. The lowest BCUT2D eigenvalue weighted by atomic mass is 9.76. The minimum absolute atomic E-state index is 0.234. The van der Waals surface area contributed by atoms with Crippen LogP contribution >= 0.6 is 0 Å². The molecule has 4 heteroatoms. The van der Waals surface area contributed by atoms with Crippen LogP contribution in [0.1, 0.15) is 242 Å². The van der Waals surface area contributed by atoms with Gasteiger partial charge >= 0.3 is 0 Å². The Morgan fingerprint density at radius 3 is 1.00 bits per heavy atom. The molecule has 0 radical (unpaired) electrons. The van der Waals surface area contributed by atoms with E-state index in [0.717, 1.165) is 51.6 Å². The van der Waals surface area contributed by atoms with E-state index in [4.69, 9.17) is 0 Å². The molecular weight excluding hydrogens is 685 g/mol. The second-order valence-corrected chi connectivity index (χ2v) is 17.0. The summed E-state index contributed by atoms with van der Waals surface area (Å²) in [4.78, 5) is 24.9. The monoisotopic (exact) mass is 773 g/mol. The third kappa shape index (κ3) is 27.1. The van der Waals surface area contributed by atoms with Gasteiger partial charge in [0.2, 0.25) is 11.8 Å². The molecule has 0 fully saturated rings. The number of rotatable bonds is 39. The van der Waals surface area contributed by atoms with Crippen molar-refractivity contribution in [2.45, 2.75) is 231 Å². The van der Waals surface area contributed by atoms with Crippen LogP contribution in [0.3, 0.4) is 0 Å². The fourth-order valence-corrected chi connectivity index (χ4v) is 8.46. The molecule has 0 heterocycles. The summed E-state index contributed by atoms with van der Waals surface area (Å²) >= 11 is 0. The summed E-state index contributed by atoms with van der Waals surface area (Å²) in [6.45, 7) is 6.23. The van der Waals surface area contributed by atoms with Crippen molar-refractivity contribution >= 4 is 11.8 Å². The predicted molar refractivity (Wildman–Crippen MR) is 243 cm³/mol. The summed E-state index contributed by atoms with van der Waals surface area (Å²) in [5.74, 6) is 1.44. The van der Waals surface area contributed by atoms with Crippen LogP contribution < -0.4 is 10.6 Å². The lowest BCUT2D eigenvalue weighted by Crippen LogP contribution is -2.23. The third-order valence-corrected chi connectivity index (χ3v) is 12.0. The molecule has 0 bridgehead atoms. The highest BCUT2D eigenvalue weighted by Gasteiger charge is 2.24. The van der Waals surface area contributed by atoms with Crippen LogP contribution in [-0.4, -0.2) is 24.9 Å². The van der Waals surface area contributed by atoms with E-state index in [2.05, 4.69) is 85.1 Å². The summed E-state index contributed by atoms with van der Waals surface area (Å²) in [7, 11) is 0. The van der Waals surface area contributed by atoms with Gasteiger partial charge in [-0.3, -0.25) is 9.59 Å². The van der Waals surface area contributed by atoms with Gasteiger partial charge in [0, 0.05) is 25.9 Å². The molecule has 2 atom stereocenters. The Bertz CT molecular complexity index is 1060. The number of nitrogens with one attached hydrogen (secondary N) is 2. The van der Waals surface area contributed by atoms with Crippen molar-refractivity contribution in [1.82, 2.24) is 10.6 Å². The van der Waals surface area contributed by atoms with Crippen LogP contribution in [0.2, 0.25) is 0 Å². The number of carbonyl (C=O) groups excluding carboxylic acids is 2. The fraction of sp³-hybridized carbons (Fsp3) is 0.731. The Morgan fingerprint density at radius 1 is 0.375 bits per heavy atom. The number of amides is 2. The van der Waals surface area contributed by atoms with E-state index < -0.39 is 0 Å². The molecule has 0 aliphatic heterocycles. The third-order valence-electron chi connectivity index (χ3n) is 12.0. The minimum atomic E-state index is 0.234. The molecule has 2 rings (SSSR count). The highest BCUT2D eigenvalue weighted by Crippen LogP contribution is 2.40. The fourth-order valence-electron chi connectivity index (χ4n) is 8.46. The van der Waals surface area contributed by atoms with E-state index in [0.29, 0.717) is 24.7 Å².